The monoisotopic (exact) mass is 319 g/mol. The summed E-state index contributed by atoms with van der Waals surface area (Å²) >= 11 is 6.05. The van der Waals surface area contributed by atoms with Gasteiger partial charge in [0.1, 0.15) is 11.5 Å². The van der Waals surface area contributed by atoms with Crippen LogP contribution in [-0.2, 0) is 0 Å². The van der Waals surface area contributed by atoms with E-state index < -0.39 is 11.8 Å². The first-order valence-corrected chi connectivity index (χ1v) is 7.27. The first-order valence-electron chi connectivity index (χ1n) is 6.89. The van der Waals surface area contributed by atoms with Crippen molar-refractivity contribution in [3.63, 3.8) is 0 Å². The Hall–Kier alpha value is -2.11. The highest BCUT2D eigenvalue weighted by Crippen LogP contribution is 2.46. The van der Waals surface area contributed by atoms with Gasteiger partial charge in [0.15, 0.2) is 0 Å². The van der Waals surface area contributed by atoms with Crippen LogP contribution >= 0.6 is 11.6 Å². The minimum Gasteiger partial charge on any atom is -0.457 e. The van der Waals surface area contributed by atoms with E-state index in [4.69, 9.17) is 16.3 Å². The number of fused-ring (bicyclic) bond motifs is 2. The normalized spacial score (nSPS) is 19.5. The molecule has 0 aliphatic carbocycles. The molecule has 0 saturated heterocycles. The minimum absolute atomic E-state index is 0.204. The smallest absolute Gasteiger partial charge is 0.211 e. The third-order valence-corrected chi connectivity index (χ3v) is 4.17. The van der Waals surface area contributed by atoms with E-state index in [1.165, 1.54) is 0 Å². The van der Waals surface area contributed by atoms with Gasteiger partial charge in [0.25, 0.3) is 0 Å². The van der Waals surface area contributed by atoms with E-state index in [0.29, 0.717) is 22.1 Å². The topological polar surface area (TPSA) is 72.6 Å². The van der Waals surface area contributed by atoms with Crippen LogP contribution < -0.4 is 4.74 Å². The van der Waals surface area contributed by atoms with Crippen LogP contribution in [-0.4, -0.2) is 23.2 Å². The summed E-state index contributed by atoms with van der Waals surface area (Å²) in [5.74, 6) is 0.231. The second-order valence-corrected chi connectivity index (χ2v) is 5.67. The number of rotatable bonds is 3. The Morgan fingerprint density at radius 2 is 1.86 bits per heavy atom. The summed E-state index contributed by atoms with van der Waals surface area (Å²) in [6.45, 7) is -0.499. The van der Waals surface area contributed by atoms with Crippen molar-refractivity contribution in [1.82, 2.24) is 0 Å². The van der Waals surface area contributed by atoms with Crippen molar-refractivity contribution >= 4 is 11.6 Å². The molecule has 0 radical (unpaired) electrons. The molecule has 2 aromatic carbocycles. The highest BCUT2D eigenvalue weighted by Gasteiger charge is 2.35. The fourth-order valence-electron chi connectivity index (χ4n) is 2.95. The van der Waals surface area contributed by atoms with E-state index in [2.05, 4.69) is 0 Å². The molecule has 0 spiro atoms. The Kier molecular flexibility index (Phi) is 4.00. The molecule has 0 bridgehead atoms. The molecule has 2 aromatic rings. The van der Waals surface area contributed by atoms with Crippen LogP contribution in [0.4, 0.5) is 0 Å². The second kappa shape index (κ2) is 5.94. The van der Waals surface area contributed by atoms with Crippen molar-refractivity contribution in [2.45, 2.75) is 11.8 Å². The van der Waals surface area contributed by atoms with E-state index in [9.17, 15) is 15.2 Å². The third kappa shape index (κ3) is 2.65. The van der Waals surface area contributed by atoms with Gasteiger partial charge in [-0.25, -0.2) is 0 Å². The summed E-state index contributed by atoms with van der Waals surface area (Å²) in [5.41, 5.74) is 1.42. The Morgan fingerprint density at radius 1 is 1.14 bits per heavy atom. The molecule has 22 heavy (non-hydrogen) atoms. The molecule has 1 N–H and O–H groups in total. The van der Waals surface area contributed by atoms with Crippen LogP contribution in [0.2, 0.25) is 5.02 Å². The summed E-state index contributed by atoms with van der Waals surface area (Å²) in [6, 6.07) is 12.4. The van der Waals surface area contributed by atoms with Gasteiger partial charge in [0.2, 0.25) is 6.54 Å². The third-order valence-electron chi connectivity index (χ3n) is 3.94. The zero-order chi connectivity index (χ0) is 15.7. The Bertz CT molecular complexity index is 719. The summed E-state index contributed by atoms with van der Waals surface area (Å²) < 4.78 is 5.91. The number of hydrogen-bond acceptors (Lipinski definition) is 4. The molecule has 0 saturated carbocycles. The van der Waals surface area contributed by atoms with Crippen LogP contribution in [0.15, 0.2) is 42.5 Å². The number of para-hydroxylation sites is 1. The summed E-state index contributed by atoms with van der Waals surface area (Å²) in [7, 11) is 0. The number of halogens is 1. The predicted octanol–water partition coefficient (Wildman–Crippen LogP) is 3.58. The van der Waals surface area contributed by atoms with Gasteiger partial charge in [-0.05, 0) is 24.3 Å². The molecule has 0 amide bonds. The fraction of sp³-hybridized carbons (Fsp3) is 0.250. The van der Waals surface area contributed by atoms with Gasteiger partial charge >= 0.3 is 0 Å². The van der Waals surface area contributed by atoms with Crippen molar-refractivity contribution in [3.8, 4) is 11.5 Å². The molecule has 1 aliphatic heterocycles. The fourth-order valence-corrected chi connectivity index (χ4v) is 3.13. The molecule has 114 valence electrons. The molecular weight excluding hydrogens is 306 g/mol. The van der Waals surface area contributed by atoms with Gasteiger partial charge in [0, 0.05) is 27.0 Å². The number of benzene rings is 2. The predicted molar refractivity (Wildman–Crippen MR) is 82.4 cm³/mol. The number of nitro groups is 1. The molecule has 1 aliphatic rings. The summed E-state index contributed by atoms with van der Waals surface area (Å²) in [6.07, 6.45) is 0. The molecule has 5 nitrogen and oxygen atoms in total. The number of aliphatic hydroxyl groups excluding tert-OH is 1. The van der Waals surface area contributed by atoms with Crippen molar-refractivity contribution < 1.29 is 14.8 Å². The summed E-state index contributed by atoms with van der Waals surface area (Å²) in [4.78, 5) is 10.7. The molecule has 1 heterocycles. The van der Waals surface area contributed by atoms with Crippen molar-refractivity contribution in [3.05, 3.63) is 68.7 Å². The van der Waals surface area contributed by atoms with Gasteiger partial charge in [-0.1, -0.05) is 29.8 Å². The largest absolute Gasteiger partial charge is 0.457 e. The molecule has 2 atom stereocenters. The van der Waals surface area contributed by atoms with Gasteiger partial charge in [-0.3, -0.25) is 10.1 Å². The van der Waals surface area contributed by atoms with Gasteiger partial charge in [-0.2, -0.15) is 0 Å². The highest BCUT2D eigenvalue weighted by atomic mass is 35.5. The lowest BCUT2D eigenvalue weighted by Gasteiger charge is -2.21. The van der Waals surface area contributed by atoms with Crippen LogP contribution in [0, 0.1) is 10.1 Å². The van der Waals surface area contributed by atoms with E-state index in [1.807, 2.05) is 18.2 Å². The summed E-state index contributed by atoms with van der Waals surface area (Å²) in [5, 5.41) is 21.4. The van der Waals surface area contributed by atoms with E-state index in [-0.39, 0.29) is 18.1 Å². The SMILES string of the molecule is O=[N+]([O-])CC1c2cc(Cl)ccc2Oc2ccccc2C1CO. The lowest BCUT2D eigenvalue weighted by atomic mass is 9.82. The van der Waals surface area contributed by atoms with Crippen LogP contribution in [0.5, 0.6) is 11.5 Å². The quantitative estimate of drug-likeness (QED) is 0.693. The minimum atomic E-state index is -0.502. The Morgan fingerprint density at radius 3 is 2.59 bits per heavy atom. The zero-order valence-electron chi connectivity index (χ0n) is 11.6. The number of nitrogens with zero attached hydrogens (tertiary/aromatic N) is 1. The molecule has 0 fully saturated rings. The number of aliphatic hydroxyl groups is 1. The van der Waals surface area contributed by atoms with E-state index in [1.54, 1.807) is 24.3 Å². The standard InChI is InChI=1S/C16H14ClNO4/c17-10-5-6-16-12(7-10)13(8-18(20)21)14(9-19)11-3-1-2-4-15(11)22-16/h1-7,13-14,19H,8-9H2. The molecular formula is C16H14ClNO4. The molecule has 2 unspecified atom stereocenters. The maximum Gasteiger partial charge on any atom is 0.211 e. The number of hydrogen-bond donors (Lipinski definition) is 1. The Balaban J connectivity index is 2.20. The maximum absolute atomic E-state index is 11.1. The average Bonchev–Trinajstić information content (AvgIpc) is 2.61. The lowest BCUT2D eigenvalue weighted by molar-refractivity contribution is -0.484. The van der Waals surface area contributed by atoms with E-state index >= 15 is 0 Å². The molecule has 0 aromatic heterocycles. The lowest BCUT2D eigenvalue weighted by Crippen LogP contribution is -2.22. The first-order chi connectivity index (χ1) is 10.6. The van der Waals surface area contributed by atoms with Crippen LogP contribution in [0.1, 0.15) is 23.0 Å². The van der Waals surface area contributed by atoms with Crippen molar-refractivity contribution in [2.24, 2.45) is 0 Å². The average molecular weight is 320 g/mol. The maximum atomic E-state index is 11.1. The number of ether oxygens (including phenoxy) is 1. The molecule has 6 heteroatoms. The van der Waals surface area contributed by atoms with E-state index in [0.717, 1.165) is 5.56 Å². The first kappa shape index (κ1) is 14.8. The second-order valence-electron chi connectivity index (χ2n) is 5.23. The Labute approximate surface area is 132 Å². The van der Waals surface area contributed by atoms with Crippen molar-refractivity contribution in [2.75, 3.05) is 13.2 Å². The van der Waals surface area contributed by atoms with Crippen LogP contribution in [0.3, 0.4) is 0 Å². The molecule has 3 rings (SSSR count). The highest BCUT2D eigenvalue weighted by molar-refractivity contribution is 6.30. The van der Waals surface area contributed by atoms with Crippen LogP contribution in [0.25, 0.3) is 0 Å². The van der Waals surface area contributed by atoms with Crippen molar-refractivity contribution in [1.29, 1.82) is 0 Å². The zero-order valence-corrected chi connectivity index (χ0v) is 12.4. The van der Waals surface area contributed by atoms with Gasteiger partial charge in [-0.15, -0.1) is 0 Å². The van der Waals surface area contributed by atoms with Gasteiger partial charge < -0.3 is 9.84 Å². The van der Waals surface area contributed by atoms with Gasteiger partial charge in [0.05, 0.1) is 12.5 Å².